The number of carbonyl (C=O) groups is 3. The number of unbranched alkanes of at least 4 members (excludes halogenated alkanes) is 38. The van der Waals surface area contributed by atoms with Crippen LogP contribution in [0.5, 0.6) is 0 Å². The summed E-state index contributed by atoms with van der Waals surface area (Å²) in [5.41, 5.74) is 0. The van der Waals surface area contributed by atoms with Gasteiger partial charge < -0.3 is 28.5 Å². The second-order valence-electron chi connectivity index (χ2n) is 23.4. The third kappa shape index (κ3) is 60.7. The maximum Gasteiger partial charge on any atom is 0.361 e. The molecule has 0 aliphatic heterocycles. The minimum atomic E-state index is -1.52. The number of nitrogens with zero attached hydrogens (tertiary/aromatic N) is 1. The summed E-state index contributed by atoms with van der Waals surface area (Å²) < 4.78 is 22.8. The van der Waals surface area contributed by atoms with E-state index in [9.17, 15) is 19.5 Å². The molecule has 0 bridgehead atoms. The van der Waals surface area contributed by atoms with Crippen LogP contribution in [-0.2, 0) is 33.3 Å². The third-order valence-electron chi connectivity index (χ3n) is 14.6. The van der Waals surface area contributed by atoms with Crippen molar-refractivity contribution < 1.29 is 42.9 Å². The second-order valence-corrected chi connectivity index (χ2v) is 23.4. The number of likely N-dealkylation sites (N-methyl/N-ethyl adjacent to an activating group) is 1. The maximum atomic E-state index is 12.8. The number of quaternary nitrogens is 1. The lowest BCUT2D eigenvalue weighted by Gasteiger charge is -2.25. The van der Waals surface area contributed by atoms with E-state index in [1.807, 2.05) is 21.1 Å². The van der Waals surface area contributed by atoms with Gasteiger partial charge in [-0.25, -0.2) is 4.79 Å². The van der Waals surface area contributed by atoms with E-state index in [1.165, 1.54) is 218 Å². The Bertz CT molecular complexity index is 1400. The van der Waals surface area contributed by atoms with Crippen LogP contribution < -0.4 is 0 Å². The van der Waals surface area contributed by atoms with Crippen molar-refractivity contribution >= 4 is 17.9 Å². The highest BCUT2D eigenvalue weighted by Gasteiger charge is 2.25. The lowest BCUT2D eigenvalue weighted by atomic mass is 10.0. The molecule has 0 saturated carbocycles. The van der Waals surface area contributed by atoms with Gasteiger partial charge in [0.05, 0.1) is 34.4 Å². The molecule has 1 N–H and O–H groups in total. The molecule has 0 spiro atoms. The van der Waals surface area contributed by atoms with Crippen molar-refractivity contribution in [3.8, 4) is 0 Å². The van der Waals surface area contributed by atoms with Gasteiger partial charge in [0.25, 0.3) is 6.29 Å². The largest absolute Gasteiger partial charge is 0.477 e. The van der Waals surface area contributed by atoms with Crippen LogP contribution in [0, 0.1) is 0 Å². The highest BCUT2D eigenvalue weighted by Crippen LogP contribution is 2.18. The van der Waals surface area contributed by atoms with Gasteiger partial charge in [0.2, 0.25) is 0 Å². The fourth-order valence-corrected chi connectivity index (χ4v) is 9.60. The Labute approximate surface area is 476 Å². The normalized spacial score (nSPS) is 13.0. The standard InChI is InChI=1S/C68H125NO8/c1-6-8-10-12-14-16-18-20-22-23-24-25-26-27-28-29-30-31-32-33-34-35-36-37-38-39-40-41-42-43-45-46-48-50-52-54-56-58-65(70)75-62-64(63-76-68(67(72)73)74-61-60-69(3,4)5)77-66(71)59-57-55-53-51-49-47-44-21-19-17-15-13-11-9-7-2/h9,11,15,17,21,44,49,51,64,68H,6-8,10,12-14,16,18-20,22-43,45-48,50,52-63H2,1-5H3/p+1/b11-9-,17-15-,44-21-,51-49-. The summed E-state index contributed by atoms with van der Waals surface area (Å²) in [4.78, 5) is 37.4. The fraction of sp³-hybridized carbons (Fsp3) is 0.838. The van der Waals surface area contributed by atoms with Crippen LogP contribution in [0.1, 0.15) is 309 Å². The molecule has 450 valence electrons. The predicted octanol–water partition coefficient (Wildman–Crippen LogP) is 19.8. The Morgan fingerprint density at radius 2 is 0.740 bits per heavy atom. The zero-order valence-electron chi connectivity index (χ0n) is 51.4. The first-order valence-corrected chi connectivity index (χ1v) is 32.8. The number of carbonyl (C=O) groups excluding carboxylic acids is 2. The highest BCUT2D eigenvalue weighted by atomic mass is 16.7. The topological polar surface area (TPSA) is 108 Å². The van der Waals surface area contributed by atoms with Crippen LogP contribution in [0.4, 0.5) is 0 Å². The minimum Gasteiger partial charge on any atom is -0.477 e. The Morgan fingerprint density at radius 1 is 0.403 bits per heavy atom. The summed E-state index contributed by atoms with van der Waals surface area (Å²) in [5.74, 6) is -2.05. The monoisotopic (exact) mass is 1080 g/mol. The quantitative estimate of drug-likeness (QED) is 0.0211. The van der Waals surface area contributed by atoms with Crippen LogP contribution in [0.2, 0.25) is 0 Å². The number of rotatable bonds is 61. The van der Waals surface area contributed by atoms with Crippen LogP contribution in [-0.4, -0.2) is 87.4 Å². The molecule has 0 aromatic rings. The lowest BCUT2D eigenvalue weighted by molar-refractivity contribution is -0.870. The van der Waals surface area contributed by atoms with E-state index in [-0.39, 0.29) is 32.2 Å². The Kier molecular flexibility index (Phi) is 57.3. The Morgan fingerprint density at radius 3 is 1.10 bits per heavy atom. The van der Waals surface area contributed by atoms with Gasteiger partial charge in [-0.2, -0.15) is 0 Å². The number of carboxylic acids is 1. The van der Waals surface area contributed by atoms with Crippen LogP contribution >= 0.6 is 0 Å². The van der Waals surface area contributed by atoms with E-state index in [4.69, 9.17) is 18.9 Å². The summed E-state index contributed by atoms with van der Waals surface area (Å²) in [6.07, 6.45) is 72.6. The van der Waals surface area contributed by atoms with Gasteiger partial charge in [-0.1, -0.05) is 294 Å². The molecule has 0 amide bonds. The average Bonchev–Trinajstić information content (AvgIpc) is 3.40. The highest BCUT2D eigenvalue weighted by molar-refractivity contribution is 5.71. The fourth-order valence-electron chi connectivity index (χ4n) is 9.60. The van der Waals surface area contributed by atoms with Crippen molar-refractivity contribution in [2.75, 3.05) is 47.5 Å². The van der Waals surface area contributed by atoms with E-state index in [2.05, 4.69) is 62.5 Å². The van der Waals surface area contributed by atoms with Crippen LogP contribution in [0.15, 0.2) is 48.6 Å². The second kappa shape index (κ2) is 59.4. The molecular formula is C68H126NO8+. The number of allylic oxidation sites excluding steroid dienone is 8. The first-order valence-electron chi connectivity index (χ1n) is 32.8. The zero-order valence-corrected chi connectivity index (χ0v) is 51.4. The summed E-state index contributed by atoms with van der Waals surface area (Å²) in [6.45, 7) is 4.75. The van der Waals surface area contributed by atoms with E-state index >= 15 is 0 Å². The van der Waals surface area contributed by atoms with Gasteiger partial charge in [0.1, 0.15) is 13.2 Å². The van der Waals surface area contributed by atoms with Crippen molar-refractivity contribution in [3.63, 3.8) is 0 Å². The number of esters is 2. The molecule has 0 aromatic heterocycles. The van der Waals surface area contributed by atoms with Gasteiger partial charge >= 0.3 is 17.9 Å². The molecule has 77 heavy (non-hydrogen) atoms. The van der Waals surface area contributed by atoms with Gasteiger partial charge in [-0.05, 0) is 51.4 Å². The molecule has 0 aliphatic carbocycles. The number of hydrogen-bond acceptors (Lipinski definition) is 7. The molecule has 0 rings (SSSR count). The van der Waals surface area contributed by atoms with Crippen LogP contribution in [0.3, 0.4) is 0 Å². The Balaban J connectivity index is 3.96. The number of carboxylic acid groups (broad SMARTS) is 1. The molecule has 0 aliphatic rings. The number of hydrogen-bond donors (Lipinski definition) is 1. The molecule has 0 aromatic carbocycles. The van der Waals surface area contributed by atoms with Gasteiger partial charge in [0, 0.05) is 12.8 Å². The predicted molar refractivity (Wildman–Crippen MR) is 327 cm³/mol. The lowest BCUT2D eigenvalue weighted by Crippen LogP contribution is -2.40. The van der Waals surface area contributed by atoms with E-state index in [1.54, 1.807) is 0 Å². The molecule has 0 saturated heterocycles. The maximum absolute atomic E-state index is 12.8. The Hall–Kier alpha value is -2.75. The average molecular weight is 1090 g/mol. The van der Waals surface area contributed by atoms with Crippen molar-refractivity contribution in [1.82, 2.24) is 0 Å². The van der Waals surface area contributed by atoms with E-state index < -0.39 is 24.3 Å². The summed E-state index contributed by atoms with van der Waals surface area (Å²) in [6, 6.07) is 0. The van der Waals surface area contributed by atoms with E-state index in [0.717, 1.165) is 57.8 Å². The van der Waals surface area contributed by atoms with Crippen molar-refractivity contribution in [1.29, 1.82) is 0 Å². The molecule has 0 fully saturated rings. The van der Waals surface area contributed by atoms with Crippen molar-refractivity contribution in [2.24, 2.45) is 0 Å². The smallest absolute Gasteiger partial charge is 0.361 e. The molecule has 9 heteroatoms. The summed E-state index contributed by atoms with van der Waals surface area (Å²) in [5, 5.41) is 9.70. The third-order valence-corrected chi connectivity index (χ3v) is 14.6. The molecule has 2 unspecified atom stereocenters. The molecule has 9 nitrogen and oxygen atoms in total. The molecule has 0 heterocycles. The number of ether oxygens (including phenoxy) is 4. The van der Waals surface area contributed by atoms with Gasteiger partial charge in [0.15, 0.2) is 6.10 Å². The van der Waals surface area contributed by atoms with Gasteiger partial charge in [-0.15, -0.1) is 0 Å². The zero-order chi connectivity index (χ0) is 56.2. The van der Waals surface area contributed by atoms with Gasteiger partial charge in [-0.3, -0.25) is 9.59 Å². The van der Waals surface area contributed by atoms with Crippen molar-refractivity contribution in [2.45, 2.75) is 322 Å². The molecule has 0 radical (unpaired) electrons. The molecular weight excluding hydrogens is 959 g/mol. The SMILES string of the molecule is CC/C=C\C/C=C\C/C=C\C/C=C\CCCCC(=O)OC(COC(=O)CCCCCCCCCCCCCCCCCCCCCCCCCCCCCCCCCCCCCCC)COC(OCC[N+](C)(C)C)C(=O)O. The summed E-state index contributed by atoms with van der Waals surface area (Å²) >= 11 is 0. The summed E-state index contributed by atoms with van der Waals surface area (Å²) in [7, 11) is 5.96. The van der Waals surface area contributed by atoms with Crippen LogP contribution in [0.25, 0.3) is 0 Å². The van der Waals surface area contributed by atoms with E-state index in [0.29, 0.717) is 23.9 Å². The first-order chi connectivity index (χ1) is 37.6. The first kappa shape index (κ1) is 74.2. The van der Waals surface area contributed by atoms with Crippen molar-refractivity contribution in [3.05, 3.63) is 48.6 Å². The number of aliphatic carboxylic acids is 1. The minimum absolute atomic E-state index is 0.180. The molecule has 2 atom stereocenters.